The molecule has 1 atom stereocenters. The molecule has 0 fully saturated rings. The predicted octanol–water partition coefficient (Wildman–Crippen LogP) is 7.32. The van der Waals surface area contributed by atoms with Crippen LogP contribution in [-0.4, -0.2) is 14.4 Å². The Balaban J connectivity index is 3.79. The van der Waals surface area contributed by atoms with Crippen molar-refractivity contribution in [3.05, 3.63) is 0 Å². The molecule has 1 unspecified atom stereocenters. The van der Waals surface area contributed by atoms with Crippen molar-refractivity contribution >= 4 is 8.32 Å². The first kappa shape index (κ1) is 21.2. The summed E-state index contributed by atoms with van der Waals surface area (Å²) >= 11 is 0. The lowest BCUT2D eigenvalue weighted by atomic mass is 10.0. The Morgan fingerprint density at radius 1 is 0.667 bits per heavy atom. The fraction of sp³-hybridized carbons (Fsp3) is 1.00. The van der Waals surface area contributed by atoms with Crippen molar-refractivity contribution in [1.29, 1.82) is 0 Å². The Morgan fingerprint density at radius 3 is 1.57 bits per heavy atom. The average Bonchev–Trinajstić information content (AvgIpc) is 2.53. The molecule has 0 bridgehead atoms. The molecule has 1 nitrogen and oxygen atoms in total. The molecule has 0 aromatic rings. The van der Waals surface area contributed by atoms with Crippen LogP contribution in [0, 0.1) is 0 Å². The quantitative estimate of drug-likeness (QED) is 0.227. The maximum absolute atomic E-state index is 6.63. The van der Waals surface area contributed by atoms with Crippen LogP contribution in [0.2, 0.25) is 18.1 Å². The summed E-state index contributed by atoms with van der Waals surface area (Å²) in [5, 5.41) is 0. The van der Waals surface area contributed by atoms with Gasteiger partial charge in [0.25, 0.3) is 0 Å². The highest BCUT2D eigenvalue weighted by Gasteiger charge is 2.31. The minimum Gasteiger partial charge on any atom is -0.414 e. The zero-order valence-corrected chi connectivity index (χ0v) is 16.7. The SMILES string of the molecule is CCCCCCCCCCC(CC)O[Si](CC)(CC)CC. The molecule has 0 heterocycles. The maximum Gasteiger partial charge on any atom is 0.192 e. The minimum absolute atomic E-state index is 0.539. The second-order valence-electron chi connectivity index (χ2n) is 6.66. The van der Waals surface area contributed by atoms with Crippen LogP contribution in [0.25, 0.3) is 0 Å². The van der Waals surface area contributed by atoms with Gasteiger partial charge in [0.2, 0.25) is 0 Å². The van der Waals surface area contributed by atoms with Crippen LogP contribution in [-0.2, 0) is 4.43 Å². The Bertz CT molecular complexity index is 205. The van der Waals surface area contributed by atoms with Crippen LogP contribution < -0.4 is 0 Å². The van der Waals surface area contributed by atoms with Crippen molar-refractivity contribution in [2.24, 2.45) is 0 Å². The summed E-state index contributed by atoms with van der Waals surface area (Å²) in [6, 6.07) is 3.86. The van der Waals surface area contributed by atoms with Crippen molar-refractivity contribution in [3.8, 4) is 0 Å². The normalized spacial score (nSPS) is 13.6. The molecule has 0 N–H and O–H groups in total. The first-order chi connectivity index (χ1) is 10.2. The maximum atomic E-state index is 6.63. The van der Waals surface area contributed by atoms with Crippen molar-refractivity contribution in [1.82, 2.24) is 0 Å². The summed E-state index contributed by atoms with van der Waals surface area (Å²) in [5.74, 6) is 0. The van der Waals surface area contributed by atoms with Crippen LogP contribution >= 0.6 is 0 Å². The van der Waals surface area contributed by atoms with E-state index in [1.165, 1.54) is 82.3 Å². The topological polar surface area (TPSA) is 9.23 Å². The number of rotatable bonds is 15. The van der Waals surface area contributed by atoms with Gasteiger partial charge in [0.15, 0.2) is 8.32 Å². The second kappa shape index (κ2) is 13.8. The summed E-state index contributed by atoms with van der Waals surface area (Å²) in [7, 11) is -1.39. The Morgan fingerprint density at radius 2 is 1.14 bits per heavy atom. The van der Waals surface area contributed by atoms with Gasteiger partial charge in [-0.05, 0) is 31.0 Å². The summed E-state index contributed by atoms with van der Waals surface area (Å²) in [5.41, 5.74) is 0. The largest absolute Gasteiger partial charge is 0.414 e. The zero-order valence-electron chi connectivity index (χ0n) is 15.7. The minimum atomic E-state index is -1.39. The Labute approximate surface area is 136 Å². The van der Waals surface area contributed by atoms with E-state index in [-0.39, 0.29) is 0 Å². The van der Waals surface area contributed by atoms with Gasteiger partial charge in [0, 0.05) is 6.10 Å². The summed E-state index contributed by atoms with van der Waals surface area (Å²) in [6.07, 6.45) is 14.3. The fourth-order valence-corrected chi connectivity index (χ4v) is 6.20. The molecule has 0 radical (unpaired) electrons. The van der Waals surface area contributed by atoms with Gasteiger partial charge in [-0.25, -0.2) is 0 Å². The molecule has 0 saturated carbocycles. The molecule has 0 aliphatic carbocycles. The Hall–Kier alpha value is 0.177. The highest BCUT2D eigenvalue weighted by atomic mass is 28.4. The van der Waals surface area contributed by atoms with Gasteiger partial charge in [-0.3, -0.25) is 0 Å². The fourth-order valence-electron chi connectivity index (χ4n) is 3.21. The van der Waals surface area contributed by atoms with Crippen molar-refractivity contribution < 1.29 is 4.43 Å². The number of unbranched alkanes of at least 4 members (excludes halogenated alkanes) is 7. The molecule has 0 spiro atoms. The van der Waals surface area contributed by atoms with E-state index in [1.54, 1.807) is 0 Å². The molecule has 0 aromatic carbocycles. The third kappa shape index (κ3) is 9.73. The summed E-state index contributed by atoms with van der Waals surface area (Å²) < 4.78 is 6.63. The smallest absolute Gasteiger partial charge is 0.192 e. The van der Waals surface area contributed by atoms with Crippen molar-refractivity contribution in [2.45, 2.75) is 123 Å². The van der Waals surface area contributed by atoms with Gasteiger partial charge >= 0.3 is 0 Å². The van der Waals surface area contributed by atoms with E-state index in [0.29, 0.717) is 6.10 Å². The molecule has 0 rings (SSSR count). The third-order valence-corrected chi connectivity index (χ3v) is 9.88. The average molecular weight is 315 g/mol. The van der Waals surface area contributed by atoms with E-state index in [9.17, 15) is 0 Å². The van der Waals surface area contributed by atoms with Gasteiger partial charge in [-0.15, -0.1) is 0 Å². The van der Waals surface area contributed by atoms with E-state index in [2.05, 4.69) is 34.6 Å². The van der Waals surface area contributed by atoms with Crippen LogP contribution in [0.15, 0.2) is 0 Å². The number of hydrogen-bond acceptors (Lipinski definition) is 1. The zero-order chi connectivity index (χ0) is 16.0. The first-order valence-corrected chi connectivity index (χ1v) is 12.4. The monoisotopic (exact) mass is 314 g/mol. The number of hydrogen-bond donors (Lipinski definition) is 0. The molecular formula is C19H42OSi. The molecule has 0 aliphatic rings. The van der Waals surface area contributed by atoms with Crippen molar-refractivity contribution in [2.75, 3.05) is 0 Å². The van der Waals surface area contributed by atoms with Crippen LogP contribution in [0.5, 0.6) is 0 Å². The van der Waals surface area contributed by atoms with Crippen LogP contribution in [0.3, 0.4) is 0 Å². The highest BCUT2D eigenvalue weighted by molar-refractivity contribution is 6.73. The molecule has 0 aromatic heterocycles. The predicted molar refractivity (Wildman–Crippen MR) is 99.6 cm³/mol. The lowest BCUT2D eigenvalue weighted by Crippen LogP contribution is -2.39. The van der Waals surface area contributed by atoms with Gasteiger partial charge < -0.3 is 4.43 Å². The lowest BCUT2D eigenvalue weighted by Gasteiger charge is -2.33. The summed E-state index contributed by atoms with van der Waals surface area (Å²) in [6.45, 7) is 11.6. The molecular weight excluding hydrogens is 272 g/mol. The molecule has 0 saturated heterocycles. The molecule has 2 heteroatoms. The molecule has 0 aliphatic heterocycles. The van der Waals surface area contributed by atoms with Gasteiger partial charge in [0.1, 0.15) is 0 Å². The standard InChI is InChI=1S/C19H42OSi/c1-6-11-12-13-14-15-16-17-18-19(7-2)20-21(8-3,9-4)10-5/h19H,6-18H2,1-5H3. The van der Waals surface area contributed by atoms with Gasteiger partial charge in [-0.1, -0.05) is 86.0 Å². The van der Waals surface area contributed by atoms with Gasteiger partial charge in [0.05, 0.1) is 0 Å². The molecule has 0 amide bonds. The first-order valence-electron chi connectivity index (χ1n) is 9.85. The van der Waals surface area contributed by atoms with Crippen LogP contribution in [0.1, 0.15) is 98.8 Å². The molecule has 21 heavy (non-hydrogen) atoms. The second-order valence-corrected chi connectivity index (χ2v) is 11.4. The highest BCUT2D eigenvalue weighted by Crippen LogP contribution is 2.26. The molecule has 128 valence electrons. The van der Waals surface area contributed by atoms with Gasteiger partial charge in [-0.2, -0.15) is 0 Å². The Kier molecular flexibility index (Phi) is 13.9. The lowest BCUT2D eigenvalue weighted by molar-refractivity contribution is 0.168. The van der Waals surface area contributed by atoms with E-state index in [1.807, 2.05) is 0 Å². The van der Waals surface area contributed by atoms with E-state index < -0.39 is 8.32 Å². The van der Waals surface area contributed by atoms with Crippen LogP contribution in [0.4, 0.5) is 0 Å². The van der Waals surface area contributed by atoms with E-state index in [4.69, 9.17) is 4.43 Å². The van der Waals surface area contributed by atoms with E-state index >= 15 is 0 Å². The van der Waals surface area contributed by atoms with Crippen molar-refractivity contribution in [3.63, 3.8) is 0 Å². The van der Waals surface area contributed by atoms with E-state index in [0.717, 1.165) is 0 Å². The summed E-state index contributed by atoms with van der Waals surface area (Å²) in [4.78, 5) is 0. The third-order valence-electron chi connectivity index (χ3n) is 5.18.